The van der Waals surface area contributed by atoms with E-state index >= 15 is 0 Å². The molecule has 1 unspecified atom stereocenters. The average molecular weight is 164 g/mol. The Morgan fingerprint density at radius 1 is 1.45 bits per heavy atom. The van der Waals surface area contributed by atoms with E-state index in [4.69, 9.17) is 15.0 Å². The fraction of sp³-hybridized carbons (Fsp3) is 0.667. The molecule has 0 aromatic rings. The quantitative estimate of drug-likeness (QED) is 0.516. The van der Waals surface area contributed by atoms with Crippen molar-refractivity contribution in [2.24, 2.45) is 0 Å². The fourth-order valence-corrected chi connectivity index (χ4v) is 0.171. The van der Waals surface area contributed by atoms with E-state index in [9.17, 15) is 4.79 Å². The van der Waals surface area contributed by atoms with Crippen LogP contribution in [0.5, 0.6) is 0 Å². The minimum atomic E-state index is -0.995. The molecule has 0 amide bonds. The van der Waals surface area contributed by atoms with Gasteiger partial charge in [0.05, 0.1) is 7.11 Å². The SMILES string of the molecule is CC(=O)O.COC(=O)C(C)O. The molecule has 5 heteroatoms. The van der Waals surface area contributed by atoms with Crippen LogP contribution in [0.2, 0.25) is 0 Å². The number of aliphatic hydroxyl groups is 1. The Bertz CT molecular complexity index is 125. The third-order valence-electron chi connectivity index (χ3n) is 0.542. The van der Waals surface area contributed by atoms with E-state index in [1.807, 2.05) is 0 Å². The summed E-state index contributed by atoms with van der Waals surface area (Å²) in [6.45, 7) is 2.44. The molecule has 0 bridgehead atoms. The molecule has 0 aromatic heterocycles. The molecular formula is C6H12O5. The largest absolute Gasteiger partial charge is 0.481 e. The van der Waals surface area contributed by atoms with E-state index in [-0.39, 0.29) is 0 Å². The Morgan fingerprint density at radius 3 is 1.73 bits per heavy atom. The lowest BCUT2D eigenvalue weighted by molar-refractivity contribution is -0.149. The van der Waals surface area contributed by atoms with Gasteiger partial charge in [0, 0.05) is 6.92 Å². The molecular weight excluding hydrogens is 152 g/mol. The van der Waals surface area contributed by atoms with E-state index in [0.29, 0.717) is 0 Å². The van der Waals surface area contributed by atoms with Crippen LogP contribution in [-0.4, -0.2) is 35.4 Å². The van der Waals surface area contributed by atoms with Crippen molar-refractivity contribution in [3.63, 3.8) is 0 Å². The van der Waals surface area contributed by atoms with E-state index in [1.54, 1.807) is 0 Å². The van der Waals surface area contributed by atoms with Gasteiger partial charge in [-0.05, 0) is 6.92 Å². The van der Waals surface area contributed by atoms with Gasteiger partial charge in [0.1, 0.15) is 6.10 Å². The number of aliphatic hydroxyl groups excluding tert-OH is 1. The number of rotatable bonds is 1. The summed E-state index contributed by atoms with van der Waals surface area (Å²) < 4.78 is 4.12. The number of esters is 1. The van der Waals surface area contributed by atoms with Crippen molar-refractivity contribution in [3.05, 3.63) is 0 Å². The van der Waals surface area contributed by atoms with Gasteiger partial charge in [-0.2, -0.15) is 0 Å². The van der Waals surface area contributed by atoms with Crippen LogP contribution in [0.3, 0.4) is 0 Å². The highest BCUT2D eigenvalue weighted by molar-refractivity contribution is 5.73. The zero-order valence-electron chi connectivity index (χ0n) is 6.70. The monoisotopic (exact) mass is 164 g/mol. The third-order valence-corrected chi connectivity index (χ3v) is 0.542. The summed E-state index contributed by atoms with van der Waals surface area (Å²) in [5.74, 6) is -1.43. The molecule has 0 heterocycles. The van der Waals surface area contributed by atoms with Crippen molar-refractivity contribution >= 4 is 11.9 Å². The Morgan fingerprint density at radius 2 is 1.73 bits per heavy atom. The predicted octanol–water partition coefficient (Wildman–Crippen LogP) is -0.369. The number of hydrogen-bond acceptors (Lipinski definition) is 4. The van der Waals surface area contributed by atoms with Crippen LogP contribution >= 0.6 is 0 Å². The molecule has 2 N–H and O–H groups in total. The van der Waals surface area contributed by atoms with Crippen LogP contribution < -0.4 is 0 Å². The number of methoxy groups -OCH3 is 1. The predicted molar refractivity (Wildman–Crippen MR) is 37.0 cm³/mol. The van der Waals surface area contributed by atoms with Crippen molar-refractivity contribution in [2.45, 2.75) is 20.0 Å². The number of carbonyl (C=O) groups excluding carboxylic acids is 1. The van der Waals surface area contributed by atoms with Gasteiger partial charge in [0.2, 0.25) is 0 Å². The minimum Gasteiger partial charge on any atom is -0.481 e. The second-order valence-electron chi connectivity index (χ2n) is 1.72. The molecule has 5 nitrogen and oxygen atoms in total. The maximum absolute atomic E-state index is 10.0. The van der Waals surface area contributed by atoms with Crippen molar-refractivity contribution in [2.75, 3.05) is 7.11 Å². The van der Waals surface area contributed by atoms with Gasteiger partial charge >= 0.3 is 5.97 Å². The number of aliphatic carboxylic acids is 1. The van der Waals surface area contributed by atoms with Crippen molar-refractivity contribution in [1.82, 2.24) is 0 Å². The Balaban J connectivity index is 0. The van der Waals surface area contributed by atoms with Gasteiger partial charge in [0.25, 0.3) is 5.97 Å². The molecule has 0 saturated carbocycles. The Hall–Kier alpha value is -1.10. The highest BCUT2D eigenvalue weighted by Gasteiger charge is 2.05. The second-order valence-corrected chi connectivity index (χ2v) is 1.72. The van der Waals surface area contributed by atoms with Crippen LogP contribution in [0.4, 0.5) is 0 Å². The summed E-state index contributed by atoms with van der Waals surface area (Å²) in [6, 6.07) is 0. The van der Waals surface area contributed by atoms with Crippen molar-refractivity contribution in [1.29, 1.82) is 0 Å². The van der Waals surface area contributed by atoms with Gasteiger partial charge in [-0.3, -0.25) is 4.79 Å². The molecule has 0 fully saturated rings. The van der Waals surface area contributed by atoms with Gasteiger partial charge in [-0.1, -0.05) is 0 Å². The highest BCUT2D eigenvalue weighted by atomic mass is 16.5. The molecule has 0 aliphatic heterocycles. The van der Waals surface area contributed by atoms with Gasteiger partial charge in [-0.25, -0.2) is 4.79 Å². The molecule has 0 spiro atoms. The van der Waals surface area contributed by atoms with Crippen molar-refractivity contribution in [3.8, 4) is 0 Å². The smallest absolute Gasteiger partial charge is 0.334 e. The third kappa shape index (κ3) is 17.6. The number of hydrogen-bond donors (Lipinski definition) is 2. The number of carboxylic acids is 1. The lowest BCUT2D eigenvalue weighted by Gasteiger charge is -1.97. The molecule has 11 heavy (non-hydrogen) atoms. The normalized spacial score (nSPS) is 10.5. The van der Waals surface area contributed by atoms with Crippen molar-refractivity contribution < 1.29 is 24.5 Å². The summed E-state index contributed by atoms with van der Waals surface area (Å²) in [5, 5.41) is 15.8. The van der Waals surface area contributed by atoms with Crippen LogP contribution in [0.25, 0.3) is 0 Å². The first-order chi connectivity index (χ1) is 4.91. The molecule has 0 saturated heterocycles. The lowest BCUT2D eigenvalue weighted by atomic mass is 10.4. The number of ether oxygens (including phenoxy) is 1. The van der Waals surface area contributed by atoms with Crippen LogP contribution in [0, 0.1) is 0 Å². The zero-order valence-corrected chi connectivity index (χ0v) is 6.70. The number of carbonyl (C=O) groups is 2. The topological polar surface area (TPSA) is 83.8 Å². The number of carboxylic acid groups (broad SMARTS) is 1. The van der Waals surface area contributed by atoms with Crippen LogP contribution in [-0.2, 0) is 14.3 Å². The molecule has 1 atom stereocenters. The molecule has 0 rings (SSSR count). The molecule has 66 valence electrons. The standard InChI is InChI=1S/C4H8O3.C2H4O2/c1-3(5)4(6)7-2;1-2(3)4/h3,5H,1-2H3;1H3,(H,3,4). The fourth-order valence-electron chi connectivity index (χ4n) is 0.171. The molecule has 0 radical (unpaired) electrons. The summed E-state index contributed by atoms with van der Waals surface area (Å²) in [4.78, 5) is 19.0. The van der Waals surface area contributed by atoms with Gasteiger partial charge < -0.3 is 14.9 Å². The van der Waals surface area contributed by atoms with E-state index < -0.39 is 18.0 Å². The van der Waals surface area contributed by atoms with E-state index in [0.717, 1.165) is 6.92 Å². The maximum Gasteiger partial charge on any atom is 0.334 e. The van der Waals surface area contributed by atoms with E-state index in [2.05, 4.69) is 4.74 Å². The highest BCUT2D eigenvalue weighted by Crippen LogP contribution is 1.80. The second kappa shape index (κ2) is 7.01. The van der Waals surface area contributed by atoms with Crippen LogP contribution in [0.1, 0.15) is 13.8 Å². The minimum absolute atomic E-state index is 0.597. The maximum atomic E-state index is 10.0. The van der Waals surface area contributed by atoms with Gasteiger partial charge in [0.15, 0.2) is 0 Å². The Kier molecular flexibility index (Phi) is 8.01. The Labute approximate surface area is 64.6 Å². The van der Waals surface area contributed by atoms with Gasteiger partial charge in [-0.15, -0.1) is 0 Å². The molecule has 0 aliphatic carbocycles. The van der Waals surface area contributed by atoms with E-state index in [1.165, 1.54) is 14.0 Å². The molecule has 0 aromatic carbocycles. The first-order valence-electron chi connectivity index (χ1n) is 2.87. The first-order valence-corrected chi connectivity index (χ1v) is 2.87. The molecule has 0 aliphatic rings. The summed E-state index contributed by atoms with van der Waals surface area (Å²) in [7, 11) is 1.23. The summed E-state index contributed by atoms with van der Waals surface area (Å²) in [6.07, 6.45) is -0.995. The first kappa shape index (κ1) is 12.6. The summed E-state index contributed by atoms with van der Waals surface area (Å²) >= 11 is 0. The average Bonchev–Trinajstić information content (AvgIpc) is 1.85. The summed E-state index contributed by atoms with van der Waals surface area (Å²) in [5.41, 5.74) is 0. The van der Waals surface area contributed by atoms with Crippen LogP contribution in [0.15, 0.2) is 0 Å². The zero-order chi connectivity index (χ0) is 9.44. The lowest BCUT2D eigenvalue weighted by Crippen LogP contribution is -2.16.